The lowest BCUT2D eigenvalue weighted by atomic mass is 9.83. The highest BCUT2D eigenvalue weighted by molar-refractivity contribution is 4.92. The number of rotatable bonds is 6. The van der Waals surface area contributed by atoms with E-state index in [2.05, 4.69) is 11.8 Å². The molecule has 2 aliphatic rings. The second-order valence-electron chi connectivity index (χ2n) is 5.97. The quantitative estimate of drug-likeness (QED) is 0.799. The summed E-state index contributed by atoms with van der Waals surface area (Å²) in [4.78, 5) is 2.65. The Morgan fingerprint density at radius 1 is 1.21 bits per heavy atom. The Morgan fingerprint density at radius 3 is 2.68 bits per heavy atom. The van der Waals surface area contributed by atoms with Gasteiger partial charge in [-0.15, -0.1) is 0 Å². The van der Waals surface area contributed by atoms with Crippen LogP contribution in [0.15, 0.2) is 0 Å². The molecule has 2 fully saturated rings. The molecule has 0 radical (unpaired) electrons. The zero-order chi connectivity index (χ0) is 13.6. The van der Waals surface area contributed by atoms with Crippen molar-refractivity contribution in [3.8, 4) is 0 Å². The fourth-order valence-electron chi connectivity index (χ4n) is 3.46. The normalized spacial score (nSPS) is 27.0. The van der Waals surface area contributed by atoms with Gasteiger partial charge in [0.15, 0.2) is 0 Å². The van der Waals surface area contributed by atoms with E-state index in [1.807, 2.05) is 0 Å². The van der Waals surface area contributed by atoms with Gasteiger partial charge in [0, 0.05) is 25.9 Å². The fourth-order valence-corrected chi connectivity index (χ4v) is 3.46. The van der Waals surface area contributed by atoms with Crippen molar-refractivity contribution in [1.29, 1.82) is 0 Å². The molecular weight excluding hydrogens is 240 g/mol. The number of nitrogens with two attached hydrogens (primary N) is 1. The Balaban J connectivity index is 1.93. The molecule has 1 spiro atoms. The first-order chi connectivity index (χ1) is 9.29. The largest absolute Gasteiger partial charge is 0.381 e. The molecule has 2 aliphatic heterocycles. The summed E-state index contributed by atoms with van der Waals surface area (Å²) < 4.78 is 11.6. The van der Waals surface area contributed by atoms with Crippen LogP contribution in [0.2, 0.25) is 0 Å². The number of nitrogens with zero attached hydrogens (tertiary/aromatic N) is 1. The molecule has 0 aromatic heterocycles. The van der Waals surface area contributed by atoms with Crippen LogP contribution in [0.3, 0.4) is 0 Å². The van der Waals surface area contributed by atoms with Crippen LogP contribution in [0, 0.1) is 0 Å². The first-order valence-electron chi connectivity index (χ1n) is 7.95. The van der Waals surface area contributed by atoms with Gasteiger partial charge in [0.1, 0.15) is 0 Å². The molecule has 0 saturated carbocycles. The Kier molecular flexibility index (Phi) is 6.07. The molecule has 1 atom stereocenters. The lowest BCUT2D eigenvalue weighted by molar-refractivity contribution is -0.151. The third-order valence-corrected chi connectivity index (χ3v) is 4.55. The summed E-state index contributed by atoms with van der Waals surface area (Å²) in [7, 11) is 0. The lowest BCUT2D eigenvalue weighted by Gasteiger charge is -2.46. The Bertz CT molecular complexity index is 249. The van der Waals surface area contributed by atoms with Crippen LogP contribution in [0.1, 0.15) is 45.4 Å². The molecule has 4 heteroatoms. The average Bonchev–Trinajstić information content (AvgIpc) is 2.44. The molecule has 4 nitrogen and oxygen atoms in total. The van der Waals surface area contributed by atoms with Gasteiger partial charge in [0.2, 0.25) is 0 Å². The van der Waals surface area contributed by atoms with Crippen LogP contribution in [0.25, 0.3) is 0 Å². The summed E-state index contributed by atoms with van der Waals surface area (Å²) >= 11 is 0. The molecule has 19 heavy (non-hydrogen) atoms. The van der Waals surface area contributed by atoms with E-state index in [0.29, 0.717) is 6.04 Å². The summed E-state index contributed by atoms with van der Waals surface area (Å²) in [5, 5.41) is 0. The molecule has 0 aromatic rings. The van der Waals surface area contributed by atoms with Gasteiger partial charge in [-0.1, -0.05) is 6.92 Å². The summed E-state index contributed by atoms with van der Waals surface area (Å²) in [6.07, 6.45) is 6.82. The van der Waals surface area contributed by atoms with Gasteiger partial charge >= 0.3 is 0 Å². The highest BCUT2D eigenvalue weighted by Crippen LogP contribution is 2.36. The van der Waals surface area contributed by atoms with Crippen LogP contribution < -0.4 is 5.73 Å². The monoisotopic (exact) mass is 270 g/mol. The number of ether oxygens (including phenoxy) is 2. The van der Waals surface area contributed by atoms with Gasteiger partial charge in [-0.3, -0.25) is 0 Å². The van der Waals surface area contributed by atoms with E-state index in [1.165, 1.54) is 25.8 Å². The fraction of sp³-hybridized carbons (Fsp3) is 1.00. The predicted molar refractivity (Wildman–Crippen MR) is 77.3 cm³/mol. The molecule has 0 aromatic carbocycles. The van der Waals surface area contributed by atoms with Crippen molar-refractivity contribution in [2.45, 2.75) is 57.1 Å². The van der Waals surface area contributed by atoms with E-state index in [-0.39, 0.29) is 5.60 Å². The molecule has 1 unspecified atom stereocenters. The molecule has 2 heterocycles. The standard InChI is InChI=1S/C15H30N2O2/c1-2-8-17(9-3-7-16)14-4-10-19-15(13-14)5-11-18-12-6-15/h14H,2-13,16H2,1H3. The van der Waals surface area contributed by atoms with Gasteiger partial charge in [0.05, 0.1) is 5.60 Å². The number of hydrogen-bond donors (Lipinski definition) is 1. The first-order valence-corrected chi connectivity index (χ1v) is 7.95. The summed E-state index contributed by atoms with van der Waals surface area (Å²) in [5.41, 5.74) is 5.78. The lowest BCUT2D eigenvalue weighted by Crippen LogP contribution is -2.51. The van der Waals surface area contributed by atoms with Crippen molar-refractivity contribution in [3.05, 3.63) is 0 Å². The molecular formula is C15H30N2O2. The van der Waals surface area contributed by atoms with Crippen LogP contribution in [0.5, 0.6) is 0 Å². The van der Waals surface area contributed by atoms with E-state index in [1.54, 1.807) is 0 Å². The maximum atomic E-state index is 6.14. The topological polar surface area (TPSA) is 47.7 Å². The summed E-state index contributed by atoms with van der Waals surface area (Å²) in [6, 6.07) is 0.679. The van der Waals surface area contributed by atoms with Crippen molar-refractivity contribution < 1.29 is 9.47 Å². The van der Waals surface area contributed by atoms with E-state index < -0.39 is 0 Å². The maximum absolute atomic E-state index is 6.14. The zero-order valence-electron chi connectivity index (χ0n) is 12.4. The minimum Gasteiger partial charge on any atom is -0.381 e. The van der Waals surface area contributed by atoms with Crippen molar-refractivity contribution in [3.63, 3.8) is 0 Å². The number of hydrogen-bond acceptors (Lipinski definition) is 4. The smallest absolute Gasteiger partial charge is 0.0741 e. The van der Waals surface area contributed by atoms with Gasteiger partial charge in [-0.25, -0.2) is 0 Å². The minimum atomic E-state index is 0.107. The van der Waals surface area contributed by atoms with Crippen LogP contribution in [-0.2, 0) is 9.47 Å². The minimum absolute atomic E-state index is 0.107. The molecule has 2 N–H and O–H groups in total. The van der Waals surface area contributed by atoms with Crippen molar-refractivity contribution in [2.75, 3.05) is 39.5 Å². The SMILES string of the molecule is CCCN(CCCN)C1CCOC2(CCOCC2)C1. The highest BCUT2D eigenvalue weighted by atomic mass is 16.5. The molecule has 0 amide bonds. The zero-order valence-corrected chi connectivity index (χ0v) is 12.4. The van der Waals surface area contributed by atoms with Gasteiger partial charge in [-0.05, 0) is 58.2 Å². The second-order valence-corrected chi connectivity index (χ2v) is 5.97. The van der Waals surface area contributed by atoms with Gasteiger partial charge in [-0.2, -0.15) is 0 Å². The van der Waals surface area contributed by atoms with Crippen molar-refractivity contribution in [2.24, 2.45) is 5.73 Å². The molecule has 0 aliphatic carbocycles. The Hall–Kier alpha value is -0.160. The molecule has 0 bridgehead atoms. The van der Waals surface area contributed by atoms with E-state index in [0.717, 1.165) is 52.2 Å². The van der Waals surface area contributed by atoms with Crippen molar-refractivity contribution in [1.82, 2.24) is 4.90 Å². The van der Waals surface area contributed by atoms with Crippen LogP contribution in [-0.4, -0.2) is 56.0 Å². The van der Waals surface area contributed by atoms with E-state index in [9.17, 15) is 0 Å². The van der Waals surface area contributed by atoms with Crippen LogP contribution in [0.4, 0.5) is 0 Å². The van der Waals surface area contributed by atoms with Gasteiger partial charge < -0.3 is 20.1 Å². The van der Waals surface area contributed by atoms with Crippen molar-refractivity contribution >= 4 is 0 Å². The maximum Gasteiger partial charge on any atom is 0.0741 e. The molecule has 112 valence electrons. The van der Waals surface area contributed by atoms with Gasteiger partial charge in [0.25, 0.3) is 0 Å². The third kappa shape index (κ3) is 4.15. The highest BCUT2D eigenvalue weighted by Gasteiger charge is 2.40. The molecule has 2 rings (SSSR count). The van der Waals surface area contributed by atoms with E-state index >= 15 is 0 Å². The second kappa shape index (κ2) is 7.58. The Labute approximate surface area is 117 Å². The molecule has 2 saturated heterocycles. The predicted octanol–water partition coefficient (Wildman–Crippen LogP) is 1.78. The summed E-state index contributed by atoms with van der Waals surface area (Å²) in [5.74, 6) is 0. The van der Waals surface area contributed by atoms with E-state index in [4.69, 9.17) is 15.2 Å². The first kappa shape index (κ1) is 15.2. The average molecular weight is 270 g/mol. The Morgan fingerprint density at radius 2 is 2.00 bits per heavy atom. The third-order valence-electron chi connectivity index (χ3n) is 4.55. The van der Waals surface area contributed by atoms with Crippen LogP contribution >= 0.6 is 0 Å². The summed E-state index contributed by atoms with van der Waals surface area (Å²) in [6.45, 7) is 8.03.